The fourth-order valence-electron chi connectivity index (χ4n) is 4.37. The predicted molar refractivity (Wildman–Crippen MR) is 117 cm³/mol. The molecule has 2 N–H and O–H groups in total. The van der Waals surface area contributed by atoms with Crippen molar-refractivity contribution in [2.24, 2.45) is 5.73 Å². The molecule has 2 aliphatic rings. The van der Waals surface area contributed by atoms with Gasteiger partial charge in [-0.1, -0.05) is 18.2 Å². The third kappa shape index (κ3) is 3.87. The van der Waals surface area contributed by atoms with Crippen molar-refractivity contribution in [1.29, 1.82) is 5.26 Å². The quantitative estimate of drug-likeness (QED) is 0.539. The first-order valence-electron chi connectivity index (χ1n) is 10.2. The van der Waals surface area contributed by atoms with E-state index in [0.29, 0.717) is 34.8 Å². The van der Waals surface area contributed by atoms with E-state index in [0.717, 1.165) is 5.56 Å². The molecular formula is C24H21N3O6. The maximum atomic E-state index is 13.3. The summed E-state index contributed by atoms with van der Waals surface area (Å²) in [6.45, 7) is 0. The van der Waals surface area contributed by atoms with E-state index in [1.807, 2.05) is 18.2 Å². The monoisotopic (exact) mass is 447 g/mol. The highest BCUT2D eigenvalue weighted by Crippen LogP contribution is 2.47. The molecule has 9 heteroatoms. The molecule has 1 heterocycles. The molecule has 0 spiro atoms. The van der Waals surface area contributed by atoms with Crippen LogP contribution in [-0.4, -0.2) is 24.9 Å². The van der Waals surface area contributed by atoms with Crippen LogP contribution >= 0.6 is 0 Å². The van der Waals surface area contributed by atoms with Crippen LogP contribution in [0, 0.1) is 21.4 Å². The van der Waals surface area contributed by atoms with Gasteiger partial charge in [0.25, 0.3) is 5.69 Å². The van der Waals surface area contributed by atoms with Gasteiger partial charge in [-0.05, 0) is 29.2 Å². The lowest BCUT2D eigenvalue weighted by molar-refractivity contribution is -0.384. The van der Waals surface area contributed by atoms with Gasteiger partial charge >= 0.3 is 0 Å². The van der Waals surface area contributed by atoms with Crippen molar-refractivity contribution in [2.45, 2.75) is 24.7 Å². The molecule has 4 rings (SSSR count). The highest BCUT2D eigenvalue weighted by molar-refractivity contribution is 6.00. The van der Waals surface area contributed by atoms with Gasteiger partial charge in [-0.25, -0.2) is 0 Å². The van der Waals surface area contributed by atoms with Crippen LogP contribution in [0.4, 0.5) is 5.69 Å². The minimum absolute atomic E-state index is 0.0691. The Labute approximate surface area is 189 Å². The molecule has 2 aromatic rings. The molecule has 168 valence electrons. The number of nitro groups is 1. The van der Waals surface area contributed by atoms with Gasteiger partial charge in [-0.2, -0.15) is 5.26 Å². The Kier molecular flexibility index (Phi) is 5.75. The van der Waals surface area contributed by atoms with Crippen molar-refractivity contribution in [1.82, 2.24) is 0 Å². The van der Waals surface area contributed by atoms with Crippen LogP contribution in [0.3, 0.4) is 0 Å². The number of hydrogen-bond acceptors (Lipinski definition) is 8. The number of benzene rings is 2. The molecular weight excluding hydrogens is 426 g/mol. The minimum atomic E-state index is -0.738. The number of hydrogen-bond donors (Lipinski definition) is 1. The predicted octanol–water partition coefficient (Wildman–Crippen LogP) is 3.82. The van der Waals surface area contributed by atoms with Crippen LogP contribution < -0.4 is 15.2 Å². The van der Waals surface area contributed by atoms with E-state index in [4.69, 9.17) is 19.9 Å². The Morgan fingerprint density at radius 2 is 1.76 bits per heavy atom. The topological polar surface area (TPSA) is 138 Å². The summed E-state index contributed by atoms with van der Waals surface area (Å²) < 4.78 is 16.4. The average Bonchev–Trinajstić information content (AvgIpc) is 2.82. The highest BCUT2D eigenvalue weighted by Gasteiger charge is 2.41. The Morgan fingerprint density at radius 3 is 2.36 bits per heavy atom. The van der Waals surface area contributed by atoms with Gasteiger partial charge in [-0.15, -0.1) is 0 Å². The van der Waals surface area contributed by atoms with Crippen LogP contribution in [0.15, 0.2) is 65.3 Å². The summed E-state index contributed by atoms with van der Waals surface area (Å²) in [6, 6.07) is 13.3. The maximum Gasteiger partial charge on any atom is 0.269 e. The van der Waals surface area contributed by atoms with Crippen molar-refractivity contribution in [3.05, 3.63) is 86.5 Å². The van der Waals surface area contributed by atoms with Gasteiger partial charge in [-0.3, -0.25) is 14.9 Å². The largest absolute Gasteiger partial charge is 0.493 e. The number of non-ortho nitro benzene ring substituents is 1. The fraction of sp³-hybridized carbons (Fsp3) is 0.250. The van der Waals surface area contributed by atoms with Gasteiger partial charge in [0.2, 0.25) is 5.88 Å². The second kappa shape index (κ2) is 8.67. The lowest BCUT2D eigenvalue weighted by Gasteiger charge is -2.34. The molecule has 0 radical (unpaired) electrons. The number of carbonyl (C=O) groups is 1. The molecule has 0 saturated heterocycles. The van der Waals surface area contributed by atoms with E-state index < -0.39 is 10.8 Å². The molecule has 0 aromatic heterocycles. The number of Topliss-reactive ketones (excluding diaryl/α,β-unsaturated/α-hetero) is 1. The lowest BCUT2D eigenvalue weighted by atomic mass is 9.73. The van der Waals surface area contributed by atoms with E-state index in [-0.39, 0.29) is 35.3 Å². The van der Waals surface area contributed by atoms with Gasteiger partial charge in [0.05, 0.1) is 25.1 Å². The standard InChI is InChI=1S/C24H21N3O6/c1-31-19-8-5-14(10-20(19)32-2)15-9-18(28)23-21(11-15)33-24(26)17(12-25)22(23)13-3-6-16(7-4-13)27(29)30/h3-8,10,15,22H,9,11,26H2,1-2H3. The number of nitrogens with zero attached hydrogens (tertiary/aromatic N) is 2. The summed E-state index contributed by atoms with van der Waals surface area (Å²) in [5.74, 6) is 0.400. The summed E-state index contributed by atoms with van der Waals surface area (Å²) in [7, 11) is 3.09. The third-order valence-corrected chi connectivity index (χ3v) is 5.98. The van der Waals surface area contributed by atoms with Crippen molar-refractivity contribution >= 4 is 11.5 Å². The number of ether oxygens (including phenoxy) is 3. The molecule has 0 fully saturated rings. The summed E-state index contributed by atoms with van der Waals surface area (Å²) >= 11 is 0. The van der Waals surface area contributed by atoms with Crippen LogP contribution in [0.2, 0.25) is 0 Å². The summed E-state index contributed by atoms with van der Waals surface area (Å²) in [5, 5.41) is 20.7. The first kappa shape index (κ1) is 21.9. The Bertz CT molecular complexity index is 1240. The zero-order valence-corrected chi connectivity index (χ0v) is 18.0. The molecule has 0 amide bonds. The second-order valence-corrected chi connectivity index (χ2v) is 7.75. The van der Waals surface area contributed by atoms with Crippen LogP contribution in [0.1, 0.15) is 35.8 Å². The zero-order valence-electron chi connectivity index (χ0n) is 18.0. The fourth-order valence-corrected chi connectivity index (χ4v) is 4.37. The van der Waals surface area contributed by atoms with Crippen molar-refractivity contribution < 1.29 is 23.9 Å². The van der Waals surface area contributed by atoms with Crippen LogP contribution in [0.5, 0.6) is 11.5 Å². The number of ketones is 1. The number of nitrogens with two attached hydrogens (primary N) is 1. The lowest BCUT2D eigenvalue weighted by Crippen LogP contribution is -2.29. The Balaban J connectivity index is 1.74. The number of nitro benzene ring substituents is 1. The Hall–Kier alpha value is -4.32. The van der Waals surface area contributed by atoms with E-state index >= 15 is 0 Å². The van der Waals surface area contributed by atoms with E-state index in [9.17, 15) is 20.2 Å². The minimum Gasteiger partial charge on any atom is -0.493 e. The SMILES string of the molecule is COc1ccc(C2CC(=O)C3=C(C2)OC(N)=C(C#N)C3c2ccc([N+](=O)[O-])cc2)cc1OC. The summed E-state index contributed by atoms with van der Waals surface area (Å²) in [4.78, 5) is 23.9. The average molecular weight is 447 g/mol. The summed E-state index contributed by atoms with van der Waals surface area (Å²) in [6.07, 6.45) is 0.610. The normalized spacial score (nSPS) is 20.0. The number of rotatable bonds is 5. The van der Waals surface area contributed by atoms with Crippen molar-refractivity contribution in [3.63, 3.8) is 0 Å². The van der Waals surface area contributed by atoms with Gasteiger partial charge in [0, 0.05) is 30.5 Å². The van der Waals surface area contributed by atoms with E-state index in [2.05, 4.69) is 0 Å². The van der Waals surface area contributed by atoms with Crippen molar-refractivity contribution in [2.75, 3.05) is 14.2 Å². The number of carbonyl (C=O) groups excluding carboxylic acids is 1. The first-order chi connectivity index (χ1) is 15.9. The van der Waals surface area contributed by atoms with Crippen LogP contribution in [0.25, 0.3) is 0 Å². The number of nitriles is 1. The molecule has 2 aromatic carbocycles. The zero-order chi connectivity index (χ0) is 23.7. The molecule has 1 aliphatic heterocycles. The third-order valence-electron chi connectivity index (χ3n) is 5.98. The van der Waals surface area contributed by atoms with E-state index in [1.54, 1.807) is 20.3 Å². The molecule has 2 unspecified atom stereocenters. The van der Waals surface area contributed by atoms with Gasteiger partial charge < -0.3 is 19.9 Å². The smallest absolute Gasteiger partial charge is 0.269 e. The van der Waals surface area contributed by atoms with E-state index in [1.165, 1.54) is 24.3 Å². The van der Waals surface area contributed by atoms with Gasteiger partial charge in [0.15, 0.2) is 17.3 Å². The molecule has 1 aliphatic carbocycles. The Morgan fingerprint density at radius 1 is 1.09 bits per heavy atom. The summed E-state index contributed by atoms with van der Waals surface area (Å²) in [5.41, 5.74) is 7.90. The second-order valence-electron chi connectivity index (χ2n) is 7.75. The number of methoxy groups -OCH3 is 2. The molecule has 33 heavy (non-hydrogen) atoms. The van der Waals surface area contributed by atoms with Crippen LogP contribution in [-0.2, 0) is 9.53 Å². The number of allylic oxidation sites excluding steroid dienone is 3. The molecule has 2 atom stereocenters. The van der Waals surface area contributed by atoms with Crippen molar-refractivity contribution in [3.8, 4) is 17.6 Å². The first-order valence-corrected chi connectivity index (χ1v) is 10.2. The van der Waals surface area contributed by atoms with Gasteiger partial charge in [0.1, 0.15) is 17.4 Å². The molecule has 0 bridgehead atoms. The highest BCUT2D eigenvalue weighted by atomic mass is 16.6. The maximum absolute atomic E-state index is 13.3. The molecule has 0 saturated carbocycles. The molecule has 9 nitrogen and oxygen atoms in total.